The van der Waals surface area contributed by atoms with Crippen molar-refractivity contribution in [3.8, 4) is 0 Å². The van der Waals surface area contributed by atoms with E-state index in [1.807, 2.05) is 0 Å². The van der Waals surface area contributed by atoms with Crippen LogP contribution in [0, 0.1) is 11.3 Å². The van der Waals surface area contributed by atoms with Crippen LogP contribution in [0.25, 0.3) is 0 Å². The molecule has 1 saturated heterocycles. The van der Waals surface area contributed by atoms with Gasteiger partial charge in [0.1, 0.15) is 0 Å². The van der Waals surface area contributed by atoms with Gasteiger partial charge in [0.15, 0.2) is 0 Å². The first kappa shape index (κ1) is 13.1. The lowest BCUT2D eigenvalue weighted by atomic mass is 9.85. The van der Waals surface area contributed by atoms with Crippen LogP contribution in [0.4, 0.5) is 0 Å². The van der Waals surface area contributed by atoms with E-state index in [1.165, 1.54) is 37.1 Å². The molecule has 0 saturated carbocycles. The third kappa shape index (κ3) is 2.56. The molecule has 1 N–H and O–H groups in total. The van der Waals surface area contributed by atoms with Crippen molar-refractivity contribution in [1.29, 1.82) is 0 Å². The van der Waals surface area contributed by atoms with Gasteiger partial charge in [0, 0.05) is 12.6 Å². The molecular formula is C17H26N2. The minimum Gasteiger partial charge on any atom is -0.309 e. The van der Waals surface area contributed by atoms with Crippen LogP contribution in [-0.4, -0.2) is 31.6 Å². The number of nitrogens with zero attached hydrogens (tertiary/aromatic N) is 1. The van der Waals surface area contributed by atoms with Crippen LogP contribution in [-0.2, 0) is 6.42 Å². The third-order valence-corrected chi connectivity index (χ3v) is 4.89. The number of hydrogen-bond acceptors (Lipinski definition) is 2. The van der Waals surface area contributed by atoms with Crippen LogP contribution < -0.4 is 5.32 Å². The maximum Gasteiger partial charge on any atom is 0.0377 e. The molecule has 0 spiro atoms. The van der Waals surface area contributed by atoms with Crippen molar-refractivity contribution in [1.82, 2.24) is 10.2 Å². The minimum atomic E-state index is 0.341. The summed E-state index contributed by atoms with van der Waals surface area (Å²) < 4.78 is 0. The molecule has 0 aromatic heterocycles. The van der Waals surface area contributed by atoms with Gasteiger partial charge >= 0.3 is 0 Å². The molecule has 1 heterocycles. The number of hydrogen-bond donors (Lipinski definition) is 1. The van der Waals surface area contributed by atoms with E-state index in [1.54, 1.807) is 0 Å². The third-order valence-electron chi connectivity index (χ3n) is 4.89. The van der Waals surface area contributed by atoms with Crippen LogP contribution in [0.2, 0.25) is 0 Å². The molecular weight excluding hydrogens is 232 g/mol. The van der Waals surface area contributed by atoms with Gasteiger partial charge in [-0.05, 0) is 55.4 Å². The molecule has 0 radical (unpaired) electrons. The monoisotopic (exact) mass is 258 g/mol. The van der Waals surface area contributed by atoms with E-state index in [0.29, 0.717) is 11.5 Å². The number of nitrogens with one attached hydrogen (secondary N) is 1. The van der Waals surface area contributed by atoms with E-state index in [0.717, 1.165) is 12.5 Å². The van der Waals surface area contributed by atoms with Gasteiger partial charge < -0.3 is 10.2 Å². The quantitative estimate of drug-likeness (QED) is 0.897. The fraction of sp³-hybridized carbons (Fsp3) is 0.647. The molecule has 0 bridgehead atoms. The number of benzene rings is 1. The van der Waals surface area contributed by atoms with Crippen LogP contribution >= 0.6 is 0 Å². The molecule has 2 unspecified atom stereocenters. The number of rotatable bonds is 3. The van der Waals surface area contributed by atoms with E-state index in [9.17, 15) is 0 Å². The Balaban J connectivity index is 1.69. The zero-order chi connectivity index (χ0) is 13.5. The summed E-state index contributed by atoms with van der Waals surface area (Å²) in [5.74, 6) is 0.827. The van der Waals surface area contributed by atoms with Gasteiger partial charge in [0.2, 0.25) is 0 Å². The second-order valence-corrected chi connectivity index (χ2v) is 7.12. The van der Waals surface area contributed by atoms with Crippen molar-refractivity contribution in [3.63, 3.8) is 0 Å². The van der Waals surface area contributed by atoms with Gasteiger partial charge in [-0.25, -0.2) is 0 Å². The van der Waals surface area contributed by atoms with Crippen molar-refractivity contribution in [2.75, 3.05) is 26.7 Å². The molecule has 2 atom stereocenters. The van der Waals surface area contributed by atoms with Gasteiger partial charge in [-0.15, -0.1) is 0 Å². The fourth-order valence-corrected chi connectivity index (χ4v) is 3.85. The summed E-state index contributed by atoms with van der Waals surface area (Å²) in [6.07, 6.45) is 2.55. The van der Waals surface area contributed by atoms with Gasteiger partial charge in [0.25, 0.3) is 0 Å². The minimum absolute atomic E-state index is 0.341. The summed E-state index contributed by atoms with van der Waals surface area (Å²) in [6, 6.07) is 9.47. The van der Waals surface area contributed by atoms with Crippen LogP contribution in [0.3, 0.4) is 0 Å². The molecule has 0 amide bonds. The van der Waals surface area contributed by atoms with Gasteiger partial charge in [-0.3, -0.25) is 0 Å². The largest absolute Gasteiger partial charge is 0.309 e. The molecule has 2 heteroatoms. The first-order chi connectivity index (χ1) is 9.06. The average Bonchev–Trinajstić information content (AvgIpc) is 2.87. The summed E-state index contributed by atoms with van der Waals surface area (Å²) >= 11 is 0. The highest BCUT2D eigenvalue weighted by Gasteiger charge is 2.38. The van der Waals surface area contributed by atoms with E-state index < -0.39 is 0 Å². The predicted molar refractivity (Wildman–Crippen MR) is 80.3 cm³/mol. The zero-order valence-electron chi connectivity index (χ0n) is 12.4. The topological polar surface area (TPSA) is 15.3 Å². The Labute approximate surface area is 117 Å². The number of likely N-dealkylation sites (tertiary alicyclic amines) is 1. The van der Waals surface area contributed by atoms with Crippen molar-refractivity contribution in [2.24, 2.45) is 11.3 Å². The van der Waals surface area contributed by atoms with Gasteiger partial charge in [-0.2, -0.15) is 0 Å². The van der Waals surface area contributed by atoms with Crippen LogP contribution in [0.5, 0.6) is 0 Å². The highest BCUT2D eigenvalue weighted by atomic mass is 15.1. The highest BCUT2D eigenvalue weighted by molar-refractivity contribution is 5.37. The lowest BCUT2D eigenvalue weighted by Crippen LogP contribution is -2.35. The Morgan fingerprint density at radius 1 is 1.32 bits per heavy atom. The van der Waals surface area contributed by atoms with E-state index in [-0.39, 0.29) is 0 Å². The normalized spacial score (nSPS) is 29.6. The van der Waals surface area contributed by atoms with Crippen molar-refractivity contribution < 1.29 is 0 Å². The Morgan fingerprint density at radius 3 is 2.84 bits per heavy atom. The van der Waals surface area contributed by atoms with Crippen molar-refractivity contribution >= 4 is 0 Å². The van der Waals surface area contributed by atoms with Crippen molar-refractivity contribution in [2.45, 2.75) is 32.7 Å². The maximum absolute atomic E-state index is 3.86. The predicted octanol–water partition coefficient (Wildman–Crippen LogP) is 2.85. The summed E-state index contributed by atoms with van der Waals surface area (Å²) in [6.45, 7) is 8.46. The summed E-state index contributed by atoms with van der Waals surface area (Å²) in [7, 11) is 2.23. The molecule has 19 heavy (non-hydrogen) atoms. The average molecular weight is 258 g/mol. The van der Waals surface area contributed by atoms with Crippen molar-refractivity contribution in [3.05, 3.63) is 35.4 Å². The maximum atomic E-state index is 3.86. The Morgan fingerprint density at radius 2 is 2.11 bits per heavy atom. The van der Waals surface area contributed by atoms with E-state index in [4.69, 9.17) is 0 Å². The summed E-state index contributed by atoms with van der Waals surface area (Å²) in [4.78, 5) is 2.44. The first-order valence-electron chi connectivity index (χ1n) is 7.56. The Bertz CT molecular complexity index is 452. The lowest BCUT2D eigenvalue weighted by molar-refractivity contribution is 0.257. The molecule has 104 valence electrons. The fourth-order valence-electron chi connectivity index (χ4n) is 3.85. The van der Waals surface area contributed by atoms with Gasteiger partial charge in [-0.1, -0.05) is 38.1 Å². The molecule has 1 aromatic carbocycles. The number of fused-ring (bicyclic) bond motifs is 1. The highest BCUT2D eigenvalue weighted by Crippen LogP contribution is 2.45. The molecule has 3 rings (SSSR count). The Kier molecular flexibility index (Phi) is 3.40. The molecule has 1 aliphatic heterocycles. The molecule has 2 aliphatic rings. The lowest BCUT2D eigenvalue weighted by Gasteiger charge is -2.30. The van der Waals surface area contributed by atoms with E-state index in [2.05, 4.69) is 55.4 Å². The van der Waals surface area contributed by atoms with Crippen LogP contribution in [0.1, 0.15) is 37.4 Å². The Hall–Kier alpha value is -0.860. The second-order valence-electron chi connectivity index (χ2n) is 7.12. The smallest absolute Gasteiger partial charge is 0.0377 e. The first-order valence-corrected chi connectivity index (χ1v) is 7.56. The molecule has 1 aliphatic carbocycles. The molecule has 2 nitrogen and oxygen atoms in total. The van der Waals surface area contributed by atoms with E-state index >= 15 is 0 Å². The zero-order valence-corrected chi connectivity index (χ0v) is 12.4. The second kappa shape index (κ2) is 4.92. The summed E-state index contributed by atoms with van der Waals surface area (Å²) in [5, 5.41) is 3.86. The van der Waals surface area contributed by atoms with Gasteiger partial charge in [0.05, 0.1) is 0 Å². The molecule has 1 aromatic rings. The van der Waals surface area contributed by atoms with Crippen LogP contribution in [0.15, 0.2) is 24.3 Å². The molecule has 1 fully saturated rings. The summed E-state index contributed by atoms with van der Waals surface area (Å²) in [5.41, 5.74) is 3.40. The standard InChI is InChI=1S/C17H26N2/c1-17(2)10-14-6-4-5-7-15(14)16(17)18-11-13-8-9-19(3)12-13/h4-7,13,16,18H,8-12H2,1-3H3. The SMILES string of the molecule is CN1CCC(CNC2c3ccccc3CC2(C)C)C1.